The summed E-state index contributed by atoms with van der Waals surface area (Å²) in [6.45, 7) is 9.86. The van der Waals surface area contributed by atoms with Crippen molar-refractivity contribution >= 4 is 24.2 Å². The molecular formula is C14H24O14. The Morgan fingerprint density at radius 2 is 0.857 bits per heavy atom. The monoisotopic (exact) mass is 416 g/mol. The second-order valence-corrected chi connectivity index (χ2v) is 4.06. The molecule has 0 aliphatic rings. The van der Waals surface area contributed by atoms with E-state index in [1.165, 1.54) is 0 Å². The Balaban J connectivity index is -0.000000150. The first-order chi connectivity index (χ1) is 12.8. The van der Waals surface area contributed by atoms with Crippen molar-refractivity contribution in [3.63, 3.8) is 0 Å². The minimum absolute atomic E-state index is 0.0149. The van der Waals surface area contributed by atoms with Crippen LogP contribution in [-0.2, 0) is 28.8 Å². The highest BCUT2D eigenvalue weighted by Gasteiger charge is 2.01. The number of esters is 2. The van der Waals surface area contributed by atoms with Crippen molar-refractivity contribution in [2.75, 3.05) is 26.4 Å². The molecule has 14 heteroatoms. The van der Waals surface area contributed by atoms with Gasteiger partial charge >= 0.3 is 24.2 Å². The maximum Gasteiger partial charge on any atom is 0.503 e. The third-order valence-corrected chi connectivity index (χ3v) is 1.51. The lowest BCUT2D eigenvalue weighted by molar-refractivity contribution is -0.248. The van der Waals surface area contributed by atoms with Crippen LogP contribution in [0.25, 0.3) is 0 Å². The van der Waals surface area contributed by atoms with Crippen LogP contribution < -0.4 is 0 Å². The predicted molar refractivity (Wildman–Crippen MR) is 90.0 cm³/mol. The summed E-state index contributed by atoms with van der Waals surface area (Å²) in [4.78, 5) is 45.6. The quantitative estimate of drug-likeness (QED) is 0.109. The van der Waals surface area contributed by atoms with Crippen LogP contribution in [0, 0.1) is 0 Å². The van der Waals surface area contributed by atoms with Gasteiger partial charge in [-0.15, -0.1) is 0 Å². The lowest BCUT2D eigenvalue weighted by Crippen LogP contribution is -2.09. The molecule has 0 saturated carbocycles. The summed E-state index contributed by atoms with van der Waals surface area (Å²) in [6.07, 6.45) is -3.67. The molecule has 0 aromatic rings. The molecule has 0 rings (SSSR count). The first-order valence-electron chi connectivity index (χ1n) is 6.85. The lowest BCUT2D eigenvalue weighted by atomic mass is 10.4. The van der Waals surface area contributed by atoms with Crippen LogP contribution in [0.4, 0.5) is 9.59 Å². The molecule has 0 heterocycles. The number of carboxylic acid groups (broad SMARTS) is 4. The SMILES string of the molecule is C=C(C)C(=O)OCCOO.C=C(C)C(=O)OCCOO.O=C(O)O.O=C(O)O. The summed E-state index contributed by atoms with van der Waals surface area (Å²) in [5.74, 6) is -0.950. The Morgan fingerprint density at radius 1 is 0.643 bits per heavy atom. The molecule has 0 spiro atoms. The Kier molecular flexibility index (Phi) is 27.6. The number of hydrogen-bond acceptors (Lipinski definition) is 10. The Bertz CT molecular complexity index is 432. The third-order valence-electron chi connectivity index (χ3n) is 1.51. The maximum absolute atomic E-state index is 10.6. The Morgan fingerprint density at radius 3 is 1.00 bits per heavy atom. The molecule has 0 amide bonds. The van der Waals surface area contributed by atoms with Crippen LogP contribution in [0.5, 0.6) is 0 Å². The van der Waals surface area contributed by atoms with Crippen LogP contribution >= 0.6 is 0 Å². The van der Waals surface area contributed by atoms with E-state index in [1.54, 1.807) is 13.8 Å². The fourth-order valence-electron chi connectivity index (χ4n) is 0.590. The summed E-state index contributed by atoms with van der Waals surface area (Å²) in [5.41, 5.74) is 0.663. The van der Waals surface area contributed by atoms with Gasteiger partial charge in [0.1, 0.15) is 26.4 Å². The van der Waals surface area contributed by atoms with E-state index in [4.69, 9.17) is 40.5 Å². The summed E-state index contributed by atoms with van der Waals surface area (Å²) in [6, 6.07) is 0. The fraction of sp³-hybridized carbons (Fsp3) is 0.429. The first kappa shape index (κ1) is 32.5. The van der Waals surface area contributed by atoms with Crippen LogP contribution in [-0.4, -0.2) is 81.6 Å². The van der Waals surface area contributed by atoms with Crippen molar-refractivity contribution in [1.82, 2.24) is 0 Å². The van der Waals surface area contributed by atoms with Gasteiger partial charge in [-0.25, -0.2) is 29.0 Å². The molecule has 0 aliphatic carbocycles. The smallest absolute Gasteiger partial charge is 0.460 e. The third kappa shape index (κ3) is 49.5. The average molecular weight is 416 g/mol. The van der Waals surface area contributed by atoms with Gasteiger partial charge in [-0.2, -0.15) is 0 Å². The van der Waals surface area contributed by atoms with E-state index in [0.29, 0.717) is 11.1 Å². The van der Waals surface area contributed by atoms with Gasteiger partial charge < -0.3 is 29.9 Å². The molecule has 28 heavy (non-hydrogen) atoms. The highest BCUT2D eigenvalue weighted by Crippen LogP contribution is 1.91. The van der Waals surface area contributed by atoms with E-state index in [2.05, 4.69) is 32.4 Å². The number of carbonyl (C=O) groups is 4. The summed E-state index contributed by atoms with van der Waals surface area (Å²) >= 11 is 0. The molecule has 164 valence electrons. The van der Waals surface area contributed by atoms with Crippen molar-refractivity contribution in [2.24, 2.45) is 0 Å². The van der Waals surface area contributed by atoms with Gasteiger partial charge in [0, 0.05) is 11.1 Å². The zero-order chi connectivity index (χ0) is 23.1. The highest BCUT2D eigenvalue weighted by molar-refractivity contribution is 5.87. The van der Waals surface area contributed by atoms with Gasteiger partial charge in [0.25, 0.3) is 0 Å². The normalized spacial score (nSPS) is 8.14. The lowest BCUT2D eigenvalue weighted by Gasteiger charge is -2.00. The molecule has 0 aromatic heterocycles. The zero-order valence-electron chi connectivity index (χ0n) is 15.2. The Labute approximate surface area is 159 Å². The first-order valence-corrected chi connectivity index (χ1v) is 6.85. The highest BCUT2D eigenvalue weighted by atomic mass is 17.1. The van der Waals surface area contributed by atoms with Crippen molar-refractivity contribution in [1.29, 1.82) is 0 Å². The average Bonchev–Trinajstić information content (AvgIpc) is 2.54. The van der Waals surface area contributed by atoms with Crippen LogP contribution in [0.2, 0.25) is 0 Å². The number of ether oxygens (including phenoxy) is 2. The Hall–Kier alpha value is -3.20. The summed E-state index contributed by atoms with van der Waals surface area (Å²) in [7, 11) is 0. The van der Waals surface area contributed by atoms with Gasteiger partial charge in [-0.3, -0.25) is 10.5 Å². The second kappa shape index (κ2) is 23.8. The van der Waals surface area contributed by atoms with Crippen LogP contribution in [0.1, 0.15) is 13.8 Å². The molecule has 0 bridgehead atoms. The molecular weight excluding hydrogens is 392 g/mol. The molecule has 6 N–H and O–H groups in total. The molecule has 0 radical (unpaired) electrons. The van der Waals surface area contributed by atoms with Crippen molar-refractivity contribution in [3.8, 4) is 0 Å². The number of rotatable bonds is 8. The minimum Gasteiger partial charge on any atom is -0.460 e. The van der Waals surface area contributed by atoms with E-state index in [0.717, 1.165) is 0 Å². The van der Waals surface area contributed by atoms with E-state index < -0.39 is 24.2 Å². The van der Waals surface area contributed by atoms with Gasteiger partial charge in [0.05, 0.1) is 0 Å². The van der Waals surface area contributed by atoms with Crippen LogP contribution in [0.3, 0.4) is 0 Å². The van der Waals surface area contributed by atoms with Crippen LogP contribution in [0.15, 0.2) is 24.3 Å². The fourth-order valence-corrected chi connectivity index (χ4v) is 0.590. The van der Waals surface area contributed by atoms with E-state index in [9.17, 15) is 9.59 Å². The number of carbonyl (C=O) groups excluding carboxylic acids is 2. The summed E-state index contributed by atoms with van der Waals surface area (Å²) in [5, 5.41) is 43.5. The summed E-state index contributed by atoms with van der Waals surface area (Å²) < 4.78 is 9.04. The van der Waals surface area contributed by atoms with Gasteiger partial charge in [-0.05, 0) is 13.8 Å². The van der Waals surface area contributed by atoms with E-state index in [-0.39, 0.29) is 26.4 Å². The zero-order valence-corrected chi connectivity index (χ0v) is 15.2. The van der Waals surface area contributed by atoms with Crippen molar-refractivity contribution in [3.05, 3.63) is 24.3 Å². The van der Waals surface area contributed by atoms with E-state index >= 15 is 0 Å². The molecule has 14 nitrogen and oxygen atoms in total. The predicted octanol–water partition coefficient (Wildman–Crippen LogP) is 1.64. The van der Waals surface area contributed by atoms with E-state index in [1.807, 2.05) is 0 Å². The number of hydrogen-bond donors (Lipinski definition) is 6. The van der Waals surface area contributed by atoms with Gasteiger partial charge in [-0.1, -0.05) is 13.2 Å². The molecule has 0 atom stereocenters. The largest absolute Gasteiger partial charge is 0.503 e. The van der Waals surface area contributed by atoms with Gasteiger partial charge in [0.2, 0.25) is 0 Å². The molecule has 0 unspecified atom stereocenters. The molecule has 0 aliphatic heterocycles. The maximum atomic E-state index is 10.6. The molecule has 0 fully saturated rings. The van der Waals surface area contributed by atoms with Gasteiger partial charge in [0.15, 0.2) is 0 Å². The topological polar surface area (TPSA) is 227 Å². The molecule has 0 saturated heterocycles. The second-order valence-electron chi connectivity index (χ2n) is 4.06. The molecule has 0 aromatic carbocycles. The van der Waals surface area contributed by atoms with Crippen molar-refractivity contribution < 1.29 is 69.4 Å². The van der Waals surface area contributed by atoms with Crippen molar-refractivity contribution in [2.45, 2.75) is 13.8 Å². The minimum atomic E-state index is -1.83. The standard InChI is InChI=1S/2C6H10O4.2CH2O3/c2*1-5(2)6(7)9-3-4-10-8;2*2-1(3)4/h2*8H,1,3-4H2,2H3;2*(H2,2,3,4).